The number of sulfonamides is 1. The second kappa shape index (κ2) is 6.41. The number of benzene rings is 1. The zero-order valence-electron chi connectivity index (χ0n) is 11.1. The summed E-state index contributed by atoms with van der Waals surface area (Å²) >= 11 is 12.4. The maximum atomic E-state index is 12.3. The average molecular weight is 361 g/mol. The summed E-state index contributed by atoms with van der Waals surface area (Å²) in [7, 11) is -3.68. The molecule has 0 unspecified atom stereocenters. The molecule has 0 saturated heterocycles. The fraction of sp³-hybridized carbons (Fsp3) is 0.154. The standard InChI is InChI=1S/C13H13ClN2O2S3/c1-8-2-4-10(20-8)7-16-21(17,18)12-5-3-9(13(15)19)6-11(12)14/h2-6,16H,7H2,1H3,(H2,15,19). The molecule has 0 spiro atoms. The van der Waals surface area contributed by atoms with Crippen molar-refractivity contribution in [1.29, 1.82) is 0 Å². The van der Waals surface area contributed by atoms with Crippen molar-refractivity contribution in [1.82, 2.24) is 4.72 Å². The van der Waals surface area contributed by atoms with Crippen molar-refractivity contribution in [2.45, 2.75) is 18.4 Å². The van der Waals surface area contributed by atoms with Crippen molar-refractivity contribution in [2.24, 2.45) is 5.73 Å². The highest BCUT2D eigenvalue weighted by atomic mass is 35.5. The normalized spacial score (nSPS) is 11.5. The van der Waals surface area contributed by atoms with Gasteiger partial charge >= 0.3 is 0 Å². The Balaban J connectivity index is 2.21. The Hall–Kier alpha value is -0.990. The summed E-state index contributed by atoms with van der Waals surface area (Å²) in [5.41, 5.74) is 6.02. The van der Waals surface area contributed by atoms with Crippen molar-refractivity contribution in [3.8, 4) is 0 Å². The summed E-state index contributed by atoms with van der Waals surface area (Å²) in [6.07, 6.45) is 0. The zero-order valence-corrected chi connectivity index (χ0v) is 14.3. The Morgan fingerprint density at radius 1 is 1.38 bits per heavy atom. The van der Waals surface area contributed by atoms with Gasteiger partial charge in [0.15, 0.2) is 0 Å². The largest absolute Gasteiger partial charge is 0.389 e. The summed E-state index contributed by atoms with van der Waals surface area (Å²) in [6, 6.07) is 8.23. The lowest BCUT2D eigenvalue weighted by molar-refractivity contribution is 0.582. The lowest BCUT2D eigenvalue weighted by Gasteiger charge is -2.09. The van der Waals surface area contributed by atoms with Gasteiger partial charge in [-0.05, 0) is 31.2 Å². The first kappa shape index (κ1) is 16.4. The van der Waals surface area contributed by atoms with Crippen LogP contribution in [0.4, 0.5) is 0 Å². The highest BCUT2D eigenvalue weighted by molar-refractivity contribution is 7.89. The van der Waals surface area contributed by atoms with E-state index in [-0.39, 0.29) is 21.5 Å². The van der Waals surface area contributed by atoms with Crippen LogP contribution in [-0.2, 0) is 16.6 Å². The van der Waals surface area contributed by atoms with Crippen LogP contribution in [-0.4, -0.2) is 13.4 Å². The van der Waals surface area contributed by atoms with Crippen molar-refractivity contribution < 1.29 is 8.42 Å². The first-order chi connectivity index (χ1) is 9.79. The second-order valence-corrected chi connectivity index (χ2v) is 8.30. The second-order valence-electron chi connectivity index (χ2n) is 4.35. The third kappa shape index (κ3) is 4.02. The van der Waals surface area contributed by atoms with Crippen LogP contribution in [0.2, 0.25) is 5.02 Å². The van der Waals surface area contributed by atoms with E-state index in [2.05, 4.69) is 4.72 Å². The van der Waals surface area contributed by atoms with Gasteiger partial charge in [0, 0.05) is 21.9 Å². The molecule has 0 atom stereocenters. The molecule has 0 saturated carbocycles. The molecule has 0 radical (unpaired) electrons. The lowest BCUT2D eigenvalue weighted by atomic mass is 10.2. The van der Waals surface area contributed by atoms with Crippen LogP contribution in [0, 0.1) is 6.92 Å². The minimum Gasteiger partial charge on any atom is -0.389 e. The molecule has 0 fully saturated rings. The number of hydrogen-bond acceptors (Lipinski definition) is 4. The Morgan fingerprint density at radius 3 is 2.62 bits per heavy atom. The number of aryl methyl sites for hydroxylation is 1. The number of nitrogens with one attached hydrogen (secondary N) is 1. The first-order valence-electron chi connectivity index (χ1n) is 5.94. The molecule has 2 aromatic rings. The fourth-order valence-corrected chi connectivity index (χ4v) is 4.29. The van der Waals surface area contributed by atoms with Crippen LogP contribution in [0.5, 0.6) is 0 Å². The quantitative estimate of drug-likeness (QED) is 0.804. The molecule has 1 heterocycles. The number of rotatable bonds is 5. The van der Waals surface area contributed by atoms with Crippen LogP contribution < -0.4 is 10.5 Å². The number of hydrogen-bond donors (Lipinski definition) is 2. The molecular formula is C13H13ClN2O2S3. The molecule has 0 aliphatic rings. The molecule has 3 N–H and O–H groups in total. The van der Waals surface area contributed by atoms with Gasteiger partial charge in [-0.25, -0.2) is 13.1 Å². The molecule has 0 amide bonds. The summed E-state index contributed by atoms with van der Waals surface area (Å²) in [5.74, 6) is 0. The first-order valence-corrected chi connectivity index (χ1v) is 9.02. The average Bonchev–Trinajstić information content (AvgIpc) is 2.82. The highest BCUT2D eigenvalue weighted by Crippen LogP contribution is 2.23. The van der Waals surface area contributed by atoms with Crippen molar-refractivity contribution in [3.63, 3.8) is 0 Å². The van der Waals surface area contributed by atoms with E-state index in [0.29, 0.717) is 5.56 Å². The summed E-state index contributed by atoms with van der Waals surface area (Å²) in [5, 5.41) is 0.0927. The molecule has 21 heavy (non-hydrogen) atoms. The van der Waals surface area contributed by atoms with E-state index in [9.17, 15) is 8.42 Å². The fourth-order valence-electron chi connectivity index (χ4n) is 1.70. The lowest BCUT2D eigenvalue weighted by Crippen LogP contribution is -2.23. The maximum Gasteiger partial charge on any atom is 0.242 e. The summed E-state index contributed by atoms with van der Waals surface area (Å²) < 4.78 is 27.0. The van der Waals surface area contributed by atoms with E-state index >= 15 is 0 Å². The monoisotopic (exact) mass is 360 g/mol. The number of nitrogens with two attached hydrogens (primary N) is 1. The Morgan fingerprint density at radius 2 is 2.10 bits per heavy atom. The van der Waals surface area contributed by atoms with Crippen molar-refractivity contribution in [2.75, 3.05) is 0 Å². The van der Waals surface area contributed by atoms with Crippen LogP contribution >= 0.6 is 35.2 Å². The van der Waals surface area contributed by atoms with E-state index in [1.54, 1.807) is 11.3 Å². The molecule has 8 heteroatoms. The number of halogens is 1. The minimum absolute atomic E-state index is 0.0115. The maximum absolute atomic E-state index is 12.3. The molecule has 112 valence electrons. The SMILES string of the molecule is Cc1ccc(CNS(=O)(=O)c2ccc(C(N)=S)cc2Cl)s1. The van der Waals surface area contributed by atoms with Crippen molar-refractivity contribution in [3.05, 3.63) is 50.7 Å². The van der Waals surface area contributed by atoms with Gasteiger partial charge < -0.3 is 5.73 Å². The zero-order chi connectivity index (χ0) is 15.6. The number of thiophene rings is 1. The number of thiocarbonyl (C=S) groups is 1. The van der Waals surface area contributed by atoms with Crippen LogP contribution in [0.3, 0.4) is 0 Å². The van der Waals surface area contributed by atoms with E-state index in [0.717, 1.165) is 9.75 Å². The molecule has 1 aromatic carbocycles. The van der Waals surface area contributed by atoms with Crippen LogP contribution in [0.15, 0.2) is 35.2 Å². The predicted molar refractivity (Wildman–Crippen MR) is 90.4 cm³/mol. The van der Waals surface area contributed by atoms with Crippen LogP contribution in [0.1, 0.15) is 15.3 Å². The van der Waals surface area contributed by atoms with Gasteiger partial charge in [0.2, 0.25) is 10.0 Å². The van der Waals surface area contributed by atoms with E-state index < -0.39 is 10.0 Å². The van der Waals surface area contributed by atoms with Gasteiger partial charge in [0.25, 0.3) is 0 Å². The molecule has 0 aliphatic heterocycles. The Kier molecular flexibility index (Phi) is 5.00. The van der Waals surface area contributed by atoms with E-state index in [1.165, 1.54) is 18.2 Å². The molecule has 0 aliphatic carbocycles. The van der Waals surface area contributed by atoms with Crippen molar-refractivity contribution >= 4 is 50.2 Å². The van der Waals surface area contributed by atoms with Gasteiger partial charge in [-0.3, -0.25) is 0 Å². The predicted octanol–water partition coefficient (Wildman–Crippen LogP) is 2.82. The van der Waals surface area contributed by atoms with Gasteiger partial charge in [-0.1, -0.05) is 29.9 Å². The topological polar surface area (TPSA) is 72.2 Å². The van der Waals surface area contributed by atoms with E-state index in [1.807, 2.05) is 19.1 Å². The molecule has 1 aromatic heterocycles. The van der Waals surface area contributed by atoms with Gasteiger partial charge in [0.05, 0.1) is 5.02 Å². The molecule has 0 bridgehead atoms. The van der Waals surface area contributed by atoms with Gasteiger partial charge in [-0.2, -0.15) is 0 Å². The van der Waals surface area contributed by atoms with E-state index in [4.69, 9.17) is 29.6 Å². The summed E-state index contributed by atoms with van der Waals surface area (Å²) in [6.45, 7) is 2.20. The molecule has 2 rings (SSSR count). The Bertz CT molecular complexity index is 784. The Labute approximate surface area is 138 Å². The summed E-state index contributed by atoms with van der Waals surface area (Å²) in [4.78, 5) is 2.25. The van der Waals surface area contributed by atoms with Gasteiger partial charge in [0.1, 0.15) is 9.88 Å². The third-order valence-electron chi connectivity index (χ3n) is 2.74. The molecule has 4 nitrogen and oxygen atoms in total. The smallest absolute Gasteiger partial charge is 0.242 e. The minimum atomic E-state index is -3.68. The third-order valence-corrected chi connectivity index (χ3v) is 5.86. The van der Waals surface area contributed by atoms with Gasteiger partial charge in [-0.15, -0.1) is 11.3 Å². The highest BCUT2D eigenvalue weighted by Gasteiger charge is 2.18. The molecular weight excluding hydrogens is 348 g/mol. The van der Waals surface area contributed by atoms with Crippen LogP contribution in [0.25, 0.3) is 0 Å².